The maximum absolute atomic E-state index is 14.7. The van der Waals surface area contributed by atoms with E-state index in [9.17, 15) is 27.7 Å². The number of fused-ring (bicyclic) bond motifs is 2. The van der Waals surface area contributed by atoms with Gasteiger partial charge in [0, 0.05) is 82.4 Å². The van der Waals surface area contributed by atoms with Crippen molar-refractivity contribution in [1.82, 2.24) is 19.6 Å². The van der Waals surface area contributed by atoms with E-state index >= 15 is 0 Å². The second-order valence-corrected chi connectivity index (χ2v) is 20.5. The predicted molar refractivity (Wildman–Crippen MR) is 254 cm³/mol. The standard InChI is InChI=1S/C48H54ClFN8O7S/c1-48(2)14-10-34(38(28-48)32-4-8-39(49)40(50)24-32)30-55-17-19-56(20-18-55)35-5-7-37(42(26-35)57-16-3-21-65-47-44(57)25-33-11-15-51-45(33)53-47)46(59)54-66(62,63)36-6-9-41(43(27-36)58(60)61)52-29-31-12-22-64-23-13-31/h4-9,11,15,24-27,31,52H,3,10,12-14,16-23,28-30H2,1-2H3,(H,51,53)(H,54,59). The zero-order chi connectivity index (χ0) is 46.2. The molecule has 0 saturated carbocycles. The van der Waals surface area contributed by atoms with Gasteiger partial charge in [-0.3, -0.25) is 19.8 Å². The lowest BCUT2D eigenvalue weighted by Crippen LogP contribution is -2.47. The van der Waals surface area contributed by atoms with Gasteiger partial charge in [0.1, 0.15) is 22.8 Å². The zero-order valence-electron chi connectivity index (χ0n) is 37.1. The highest BCUT2D eigenvalue weighted by molar-refractivity contribution is 7.90. The predicted octanol–water partition coefficient (Wildman–Crippen LogP) is 8.93. The van der Waals surface area contributed by atoms with Gasteiger partial charge >= 0.3 is 0 Å². The van der Waals surface area contributed by atoms with Gasteiger partial charge in [0.15, 0.2) is 0 Å². The van der Waals surface area contributed by atoms with Gasteiger partial charge in [-0.15, -0.1) is 0 Å². The Balaban J connectivity index is 0.987. The number of aromatic nitrogens is 2. The monoisotopic (exact) mass is 940 g/mol. The fourth-order valence-electron chi connectivity index (χ4n) is 9.50. The number of allylic oxidation sites excluding steroid dienone is 1. The molecule has 0 unspecified atom stereocenters. The first-order valence-corrected chi connectivity index (χ1v) is 24.4. The lowest BCUT2D eigenvalue weighted by atomic mass is 9.72. The molecule has 5 heterocycles. The van der Waals surface area contributed by atoms with Crippen molar-refractivity contribution in [2.75, 3.05) is 80.8 Å². The summed E-state index contributed by atoms with van der Waals surface area (Å²) < 4.78 is 56.3. The van der Waals surface area contributed by atoms with Gasteiger partial charge < -0.3 is 29.6 Å². The molecule has 4 aliphatic rings. The van der Waals surface area contributed by atoms with Crippen LogP contribution in [0, 0.1) is 27.3 Å². The van der Waals surface area contributed by atoms with Crippen molar-refractivity contribution in [1.29, 1.82) is 0 Å². The third-order valence-corrected chi connectivity index (χ3v) is 14.9. The molecule has 9 rings (SSSR count). The normalized spacial score (nSPS) is 18.4. The van der Waals surface area contributed by atoms with E-state index in [-0.39, 0.29) is 27.6 Å². The first-order chi connectivity index (χ1) is 31.7. The number of halogens is 2. The number of rotatable bonds is 12. The Morgan fingerprint density at radius 2 is 1.80 bits per heavy atom. The third kappa shape index (κ3) is 9.85. The molecule has 2 fully saturated rings. The number of anilines is 4. The summed E-state index contributed by atoms with van der Waals surface area (Å²) in [6.45, 7) is 10.7. The van der Waals surface area contributed by atoms with Crippen molar-refractivity contribution in [3.8, 4) is 5.88 Å². The Morgan fingerprint density at radius 3 is 2.58 bits per heavy atom. The maximum atomic E-state index is 14.7. The van der Waals surface area contributed by atoms with Crippen molar-refractivity contribution in [3.05, 3.63) is 111 Å². The number of hydrogen-bond donors (Lipinski definition) is 3. The number of pyridine rings is 1. The number of nitrogens with zero attached hydrogens (tertiary/aromatic N) is 5. The minimum Gasteiger partial charge on any atom is -0.476 e. The van der Waals surface area contributed by atoms with Gasteiger partial charge in [-0.05, 0) is 116 Å². The third-order valence-electron chi connectivity index (χ3n) is 13.3. The Morgan fingerprint density at radius 1 is 1.00 bits per heavy atom. The quantitative estimate of drug-likeness (QED) is 0.0802. The largest absolute Gasteiger partial charge is 0.476 e. The molecule has 18 heteroatoms. The van der Waals surface area contributed by atoms with Gasteiger partial charge in [0.05, 0.1) is 32.7 Å². The second kappa shape index (κ2) is 18.9. The van der Waals surface area contributed by atoms with Crippen LogP contribution in [0.3, 0.4) is 0 Å². The number of carbonyl (C=O) groups is 1. The van der Waals surface area contributed by atoms with Crippen LogP contribution in [0.4, 0.5) is 32.8 Å². The Bertz CT molecular complexity index is 2800. The zero-order valence-corrected chi connectivity index (χ0v) is 38.6. The summed E-state index contributed by atoms with van der Waals surface area (Å²) in [6, 6.07) is 17.9. The topological polar surface area (TPSA) is 175 Å². The second-order valence-electron chi connectivity index (χ2n) is 18.4. The van der Waals surface area contributed by atoms with E-state index in [1.807, 2.05) is 35.2 Å². The first kappa shape index (κ1) is 45.4. The van der Waals surface area contributed by atoms with Crippen LogP contribution >= 0.6 is 11.6 Å². The van der Waals surface area contributed by atoms with Gasteiger partial charge in [-0.1, -0.05) is 37.1 Å². The van der Waals surface area contributed by atoms with Crippen LogP contribution in [0.2, 0.25) is 5.02 Å². The molecule has 3 aliphatic heterocycles. The van der Waals surface area contributed by atoms with Crippen LogP contribution in [0.1, 0.15) is 68.3 Å². The average molecular weight is 942 g/mol. The number of H-pyrrole nitrogens is 1. The molecule has 3 N–H and O–H groups in total. The van der Waals surface area contributed by atoms with Crippen LogP contribution in [0.5, 0.6) is 5.88 Å². The molecule has 0 atom stereocenters. The number of ether oxygens (including phenoxy) is 2. The summed E-state index contributed by atoms with van der Waals surface area (Å²) in [4.78, 5) is 40.0. The van der Waals surface area contributed by atoms with Gasteiger partial charge in [0.2, 0.25) is 5.88 Å². The summed E-state index contributed by atoms with van der Waals surface area (Å²) in [5.41, 5.74) is 5.92. The molecule has 0 radical (unpaired) electrons. The molecule has 3 aromatic carbocycles. The van der Waals surface area contributed by atoms with Crippen LogP contribution < -0.4 is 24.6 Å². The number of nitro benzene ring substituents is 1. The molecule has 66 heavy (non-hydrogen) atoms. The highest BCUT2D eigenvalue weighted by atomic mass is 35.5. The van der Waals surface area contributed by atoms with E-state index in [0.717, 1.165) is 74.4 Å². The smallest absolute Gasteiger partial charge is 0.293 e. The van der Waals surface area contributed by atoms with Crippen molar-refractivity contribution < 1.29 is 32.0 Å². The molecule has 1 amide bonds. The fourth-order valence-corrected chi connectivity index (χ4v) is 10.6. The van der Waals surface area contributed by atoms with Crippen LogP contribution in [-0.4, -0.2) is 99.8 Å². The van der Waals surface area contributed by atoms with Crippen LogP contribution in [-0.2, 0) is 14.8 Å². The fraction of sp³-hybridized carbons (Fsp3) is 0.417. The summed E-state index contributed by atoms with van der Waals surface area (Å²) in [7, 11) is -4.59. The van der Waals surface area contributed by atoms with E-state index in [1.165, 1.54) is 23.3 Å². The number of piperazine rings is 1. The number of aromatic amines is 1. The number of benzene rings is 3. The minimum atomic E-state index is -4.59. The Hall–Kier alpha value is -5.75. The number of amides is 1. The van der Waals surface area contributed by atoms with Crippen LogP contribution in [0.15, 0.2) is 83.4 Å². The molecule has 0 spiro atoms. The van der Waals surface area contributed by atoms with Gasteiger partial charge in [-0.25, -0.2) is 17.5 Å². The molecular formula is C48H54ClFN8O7S. The van der Waals surface area contributed by atoms with Crippen molar-refractivity contribution >= 4 is 72.6 Å². The summed E-state index contributed by atoms with van der Waals surface area (Å²) >= 11 is 6.07. The molecular weight excluding hydrogens is 887 g/mol. The Labute approximate surface area is 388 Å². The number of sulfonamides is 1. The highest BCUT2D eigenvalue weighted by Gasteiger charge is 2.32. The van der Waals surface area contributed by atoms with Crippen molar-refractivity contribution in [2.45, 2.75) is 57.3 Å². The van der Waals surface area contributed by atoms with E-state index in [2.05, 4.69) is 38.7 Å². The highest BCUT2D eigenvalue weighted by Crippen LogP contribution is 2.44. The number of nitro groups is 1. The summed E-state index contributed by atoms with van der Waals surface area (Å²) in [6.07, 6.45) is 6.83. The lowest BCUT2D eigenvalue weighted by molar-refractivity contribution is -0.384. The number of nitrogens with one attached hydrogen (secondary N) is 3. The number of hydrogen-bond acceptors (Lipinski definition) is 12. The summed E-state index contributed by atoms with van der Waals surface area (Å²) in [5.74, 6) is -0.675. The van der Waals surface area contributed by atoms with E-state index in [1.54, 1.807) is 24.4 Å². The van der Waals surface area contributed by atoms with Crippen molar-refractivity contribution in [3.63, 3.8) is 0 Å². The van der Waals surface area contributed by atoms with Crippen molar-refractivity contribution in [2.24, 2.45) is 11.3 Å². The molecule has 2 saturated heterocycles. The maximum Gasteiger partial charge on any atom is 0.293 e. The van der Waals surface area contributed by atoms with E-state index in [0.29, 0.717) is 75.3 Å². The van der Waals surface area contributed by atoms with Gasteiger partial charge in [0.25, 0.3) is 21.6 Å². The Kier molecular flexibility index (Phi) is 13.0. The molecule has 348 valence electrons. The molecule has 2 aromatic heterocycles. The van der Waals surface area contributed by atoms with E-state index < -0.39 is 37.3 Å². The first-order valence-electron chi connectivity index (χ1n) is 22.5. The lowest BCUT2D eigenvalue weighted by Gasteiger charge is -2.39. The van der Waals surface area contributed by atoms with Crippen LogP contribution in [0.25, 0.3) is 16.6 Å². The number of carbonyl (C=O) groups excluding carboxylic acids is 1. The summed E-state index contributed by atoms with van der Waals surface area (Å²) in [5, 5.41) is 16.3. The molecule has 0 bridgehead atoms. The van der Waals surface area contributed by atoms with Gasteiger partial charge in [-0.2, -0.15) is 4.98 Å². The molecule has 15 nitrogen and oxygen atoms in total. The van der Waals surface area contributed by atoms with E-state index in [4.69, 9.17) is 26.1 Å². The molecule has 5 aromatic rings. The molecule has 1 aliphatic carbocycles. The SMILES string of the molecule is CC1(C)CCC(CN2CCN(c3ccc(C(=O)NS(=O)(=O)c4ccc(NCC5CCOCC5)c([N+](=O)[O-])c4)c(N4CCCOc5nc6[nH]ccc6cc54)c3)CC2)=C(c2ccc(Cl)c(F)c2)C1. The average Bonchev–Trinajstić information content (AvgIpc) is 3.67. The minimum absolute atomic E-state index is 0.0885.